The molecule has 1 aromatic carbocycles. The summed E-state index contributed by atoms with van der Waals surface area (Å²) < 4.78 is 11.3. The minimum absolute atomic E-state index is 0.206. The molecule has 0 unspecified atom stereocenters. The van der Waals surface area contributed by atoms with Crippen molar-refractivity contribution in [2.24, 2.45) is 0 Å². The average Bonchev–Trinajstić information content (AvgIpc) is 2.59. The Labute approximate surface area is 146 Å². The first kappa shape index (κ1) is 17.0. The SMILES string of the molecule is Cc1cc(-c2nc(N)ncc2Cl)ccc1OCCN1CCOCC1. The Morgan fingerprint density at radius 2 is 2.12 bits per heavy atom. The zero-order valence-corrected chi connectivity index (χ0v) is 14.4. The van der Waals surface area contributed by atoms with Crippen LogP contribution in [0.15, 0.2) is 24.4 Å². The average molecular weight is 349 g/mol. The Bertz CT molecular complexity index is 705. The maximum absolute atomic E-state index is 6.16. The molecule has 1 aliphatic rings. The van der Waals surface area contributed by atoms with Crippen LogP contribution in [0.1, 0.15) is 5.56 Å². The molecule has 1 fully saturated rings. The molecule has 7 heteroatoms. The van der Waals surface area contributed by atoms with Crippen LogP contribution in [0.4, 0.5) is 5.95 Å². The van der Waals surface area contributed by atoms with E-state index in [1.165, 1.54) is 6.20 Å². The number of benzene rings is 1. The van der Waals surface area contributed by atoms with Crippen LogP contribution >= 0.6 is 11.6 Å². The summed E-state index contributed by atoms with van der Waals surface area (Å²) in [5, 5.41) is 0.476. The van der Waals surface area contributed by atoms with Crippen LogP contribution in [0.3, 0.4) is 0 Å². The normalized spacial score (nSPS) is 15.4. The number of morpholine rings is 1. The molecule has 128 valence electrons. The van der Waals surface area contributed by atoms with Gasteiger partial charge in [-0.05, 0) is 30.7 Å². The van der Waals surface area contributed by atoms with Crippen LogP contribution < -0.4 is 10.5 Å². The van der Waals surface area contributed by atoms with Crippen molar-refractivity contribution in [2.45, 2.75) is 6.92 Å². The number of aromatic nitrogens is 2. The molecule has 0 spiro atoms. The topological polar surface area (TPSA) is 73.5 Å². The highest BCUT2D eigenvalue weighted by molar-refractivity contribution is 6.32. The smallest absolute Gasteiger partial charge is 0.220 e. The van der Waals surface area contributed by atoms with Gasteiger partial charge in [0.2, 0.25) is 5.95 Å². The predicted molar refractivity (Wildman–Crippen MR) is 94.4 cm³/mol. The Kier molecular flexibility index (Phi) is 5.50. The number of nitrogens with two attached hydrogens (primary N) is 1. The molecule has 1 aliphatic heterocycles. The van der Waals surface area contributed by atoms with Gasteiger partial charge in [-0.25, -0.2) is 9.97 Å². The van der Waals surface area contributed by atoms with Crippen molar-refractivity contribution in [1.29, 1.82) is 0 Å². The van der Waals surface area contributed by atoms with Gasteiger partial charge in [0.25, 0.3) is 0 Å². The third-order valence-corrected chi connectivity index (χ3v) is 4.26. The summed E-state index contributed by atoms with van der Waals surface area (Å²) >= 11 is 6.16. The van der Waals surface area contributed by atoms with Crippen LogP contribution in [0, 0.1) is 6.92 Å². The van der Waals surface area contributed by atoms with Gasteiger partial charge < -0.3 is 15.2 Å². The van der Waals surface area contributed by atoms with E-state index in [-0.39, 0.29) is 5.95 Å². The monoisotopic (exact) mass is 348 g/mol. The molecule has 0 amide bonds. The molecule has 0 aliphatic carbocycles. The van der Waals surface area contributed by atoms with E-state index >= 15 is 0 Å². The van der Waals surface area contributed by atoms with E-state index in [0.717, 1.165) is 49.7 Å². The van der Waals surface area contributed by atoms with Gasteiger partial charge in [0, 0.05) is 25.2 Å². The molecule has 0 saturated carbocycles. The molecule has 24 heavy (non-hydrogen) atoms. The highest BCUT2D eigenvalue weighted by Gasteiger charge is 2.12. The molecule has 6 nitrogen and oxygen atoms in total. The van der Waals surface area contributed by atoms with Crippen LogP contribution in [-0.4, -0.2) is 54.3 Å². The highest BCUT2D eigenvalue weighted by Crippen LogP contribution is 2.29. The first-order valence-electron chi connectivity index (χ1n) is 7.95. The lowest BCUT2D eigenvalue weighted by molar-refractivity contribution is 0.0322. The fourth-order valence-corrected chi connectivity index (χ4v) is 2.85. The first-order valence-corrected chi connectivity index (χ1v) is 8.33. The lowest BCUT2D eigenvalue weighted by atomic mass is 10.1. The Balaban J connectivity index is 1.65. The van der Waals surface area contributed by atoms with E-state index < -0.39 is 0 Å². The van der Waals surface area contributed by atoms with Gasteiger partial charge in [-0.2, -0.15) is 0 Å². The van der Waals surface area contributed by atoms with Gasteiger partial charge >= 0.3 is 0 Å². The summed E-state index contributed by atoms with van der Waals surface area (Å²) in [6, 6.07) is 5.88. The summed E-state index contributed by atoms with van der Waals surface area (Å²) in [5.74, 6) is 1.07. The molecule has 3 rings (SSSR count). The van der Waals surface area contributed by atoms with Crippen molar-refractivity contribution in [3.8, 4) is 17.0 Å². The second-order valence-electron chi connectivity index (χ2n) is 5.71. The van der Waals surface area contributed by atoms with E-state index in [1.807, 2.05) is 25.1 Å². The quantitative estimate of drug-likeness (QED) is 0.894. The van der Waals surface area contributed by atoms with E-state index in [4.69, 9.17) is 26.8 Å². The Hall–Kier alpha value is -1.89. The van der Waals surface area contributed by atoms with Crippen LogP contribution in [0.5, 0.6) is 5.75 Å². The van der Waals surface area contributed by atoms with Crippen molar-refractivity contribution in [2.75, 3.05) is 45.2 Å². The summed E-state index contributed by atoms with van der Waals surface area (Å²) in [5.41, 5.74) is 8.21. The molecule has 2 aromatic rings. The van der Waals surface area contributed by atoms with Gasteiger partial charge in [-0.1, -0.05) is 11.6 Å². The van der Waals surface area contributed by atoms with Gasteiger partial charge in [-0.15, -0.1) is 0 Å². The second kappa shape index (κ2) is 7.79. The lowest BCUT2D eigenvalue weighted by Gasteiger charge is -2.26. The predicted octanol–water partition coefficient (Wildman–Crippen LogP) is 2.40. The van der Waals surface area contributed by atoms with Gasteiger partial charge in [0.05, 0.1) is 30.1 Å². The molecule has 1 saturated heterocycles. The number of nitrogen functional groups attached to an aromatic ring is 1. The minimum atomic E-state index is 0.206. The molecular formula is C17H21ClN4O2. The number of hydrogen-bond donors (Lipinski definition) is 1. The zero-order valence-electron chi connectivity index (χ0n) is 13.7. The summed E-state index contributed by atoms with van der Waals surface area (Å²) in [6.45, 7) is 7.10. The zero-order chi connectivity index (χ0) is 16.9. The molecular weight excluding hydrogens is 328 g/mol. The fraction of sp³-hybridized carbons (Fsp3) is 0.412. The Morgan fingerprint density at radius 1 is 1.33 bits per heavy atom. The van der Waals surface area contributed by atoms with Crippen LogP contribution in [0.2, 0.25) is 5.02 Å². The second-order valence-corrected chi connectivity index (χ2v) is 6.11. The van der Waals surface area contributed by atoms with Crippen molar-refractivity contribution in [3.63, 3.8) is 0 Å². The standard InChI is InChI=1S/C17H21ClN4O2/c1-12-10-13(16-14(18)11-20-17(19)21-16)2-3-15(12)24-9-6-22-4-7-23-8-5-22/h2-3,10-11H,4-9H2,1H3,(H2,19,20,21). The third-order valence-electron chi connectivity index (χ3n) is 3.98. The lowest BCUT2D eigenvalue weighted by Crippen LogP contribution is -2.38. The molecule has 1 aromatic heterocycles. The maximum Gasteiger partial charge on any atom is 0.220 e. The summed E-state index contributed by atoms with van der Waals surface area (Å²) in [4.78, 5) is 10.4. The number of anilines is 1. The summed E-state index contributed by atoms with van der Waals surface area (Å²) in [6.07, 6.45) is 1.52. The molecule has 0 atom stereocenters. The van der Waals surface area contributed by atoms with Crippen molar-refractivity contribution < 1.29 is 9.47 Å². The fourth-order valence-electron chi connectivity index (χ4n) is 2.65. The van der Waals surface area contributed by atoms with E-state index in [1.54, 1.807) is 0 Å². The van der Waals surface area contributed by atoms with Crippen molar-refractivity contribution >= 4 is 17.5 Å². The summed E-state index contributed by atoms with van der Waals surface area (Å²) in [7, 11) is 0. The number of aryl methyl sites for hydroxylation is 1. The number of halogens is 1. The van der Waals surface area contributed by atoms with Gasteiger partial charge in [0.1, 0.15) is 12.4 Å². The van der Waals surface area contributed by atoms with E-state index in [9.17, 15) is 0 Å². The molecule has 2 heterocycles. The third kappa shape index (κ3) is 4.14. The molecule has 0 radical (unpaired) electrons. The maximum atomic E-state index is 6.16. The Morgan fingerprint density at radius 3 is 2.88 bits per heavy atom. The number of ether oxygens (including phenoxy) is 2. The van der Waals surface area contributed by atoms with Crippen LogP contribution in [0.25, 0.3) is 11.3 Å². The minimum Gasteiger partial charge on any atom is -0.492 e. The number of rotatable bonds is 5. The highest BCUT2D eigenvalue weighted by atomic mass is 35.5. The van der Waals surface area contributed by atoms with Gasteiger partial charge in [0.15, 0.2) is 0 Å². The van der Waals surface area contributed by atoms with Gasteiger partial charge in [-0.3, -0.25) is 4.90 Å². The van der Waals surface area contributed by atoms with E-state index in [2.05, 4.69) is 14.9 Å². The molecule has 0 bridgehead atoms. The van der Waals surface area contributed by atoms with Crippen LogP contribution in [-0.2, 0) is 4.74 Å². The van der Waals surface area contributed by atoms with Crippen molar-refractivity contribution in [1.82, 2.24) is 14.9 Å². The van der Waals surface area contributed by atoms with Crippen molar-refractivity contribution in [3.05, 3.63) is 35.0 Å². The largest absolute Gasteiger partial charge is 0.492 e. The number of nitrogens with zero attached hydrogens (tertiary/aromatic N) is 3. The molecule has 2 N–H and O–H groups in total. The number of hydrogen-bond acceptors (Lipinski definition) is 6. The first-order chi connectivity index (χ1) is 11.6. The van der Waals surface area contributed by atoms with E-state index in [0.29, 0.717) is 17.3 Å².